The Morgan fingerprint density at radius 1 is 0.821 bits per heavy atom. The largest absolute Gasteiger partial charge is 0.406 e. The fourth-order valence-corrected chi connectivity index (χ4v) is 10.1. The highest BCUT2D eigenvalue weighted by Crippen LogP contribution is 2.43. The lowest BCUT2D eigenvalue weighted by Crippen LogP contribution is -2.50. The molecule has 2 N–H and O–H groups in total. The van der Waals surface area contributed by atoms with Gasteiger partial charge in [0.05, 0.1) is 11.7 Å². The number of halogens is 3. The van der Waals surface area contributed by atoms with Crippen molar-refractivity contribution in [3.63, 3.8) is 0 Å². The number of carbonyl (C=O) groups excluding carboxylic acids is 1. The van der Waals surface area contributed by atoms with Crippen LogP contribution in [-0.4, -0.2) is 73.8 Å². The lowest BCUT2D eigenvalue weighted by atomic mass is 9.74. The number of carbonyl (C=O) groups is 1. The molecule has 5 rings (SSSR count). The number of sulfonamides is 1. The smallest absolute Gasteiger partial charge is 0.355 e. The maximum Gasteiger partial charge on any atom is 0.406 e. The molecule has 0 radical (unpaired) electrons. The fourth-order valence-electron chi connectivity index (χ4n) is 8.18. The molecule has 4 atom stereocenters. The summed E-state index contributed by atoms with van der Waals surface area (Å²) < 4.78 is 69.9. The lowest BCUT2D eigenvalue weighted by Gasteiger charge is -2.42. The number of hydrogen-bond donors (Lipinski definition) is 2. The highest BCUT2D eigenvalue weighted by atomic mass is 32.2. The van der Waals surface area contributed by atoms with Gasteiger partial charge < -0.3 is 5.32 Å². The summed E-state index contributed by atoms with van der Waals surface area (Å²) in [5, 5.41) is 4.57. The van der Waals surface area contributed by atoms with Crippen molar-refractivity contribution in [3.8, 4) is 0 Å². The van der Waals surface area contributed by atoms with Crippen molar-refractivity contribution < 1.29 is 26.4 Å². The van der Waals surface area contributed by atoms with Gasteiger partial charge in [-0.1, -0.05) is 38.5 Å². The summed E-state index contributed by atoms with van der Waals surface area (Å²) in [5.74, 6) is -0.277. The standard InChI is InChI=1S/C28H47F3N4O3S/c29-28(30,31)26-25(27(36)32-18-20-7-3-1-4-8-20)24-17-23(13-16-35(24)33-26)22-11-14-34(15-12-22)39(37,38)19-21-9-5-2-6-10-21/h20-26,33H,1-19H2,(H,32,36). The summed E-state index contributed by atoms with van der Waals surface area (Å²) >= 11 is 0. The molecule has 4 unspecified atom stereocenters. The molecule has 5 fully saturated rings. The number of amides is 1. The SMILES string of the molecule is O=C(NCC1CCCCC1)C1C2CC(C3CCN(S(=O)(=O)CC4CCCCC4)CC3)CCN2NC1C(F)(F)F. The van der Waals surface area contributed by atoms with Gasteiger partial charge in [-0.05, 0) is 75.0 Å². The van der Waals surface area contributed by atoms with Gasteiger partial charge in [0.25, 0.3) is 0 Å². The minimum atomic E-state index is -4.50. The number of piperidine rings is 2. The van der Waals surface area contributed by atoms with Crippen LogP contribution in [0.25, 0.3) is 0 Å². The van der Waals surface area contributed by atoms with E-state index < -0.39 is 40.1 Å². The van der Waals surface area contributed by atoms with Gasteiger partial charge in [0, 0.05) is 32.2 Å². The van der Waals surface area contributed by atoms with Gasteiger partial charge in [0.2, 0.25) is 15.9 Å². The molecule has 0 aromatic heterocycles. The second-order valence-corrected chi connectivity index (χ2v) is 15.0. The van der Waals surface area contributed by atoms with E-state index in [9.17, 15) is 26.4 Å². The predicted molar refractivity (Wildman–Crippen MR) is 144 cm³/mol. The molecule has 3 aliphatic heterocycles. The Kier molecular flexibility index (Phi) is 9.50. The van der Waals surface area contributed by atoms with Crippen LogP contribution in [0, 0.1) is 29.6 Å². The van der Waals surface area contributed by atoms with Gasteiger partial charge >= 0.3 is 6.18 Å². The van der Waals surface area contributed by atoms with Crippen LogP contribution in [0.4, 0.5) is 13.2 Å². The molecule has 5 aliphatic rings. The zero-order chi connectivity index (χ0) is 27.6. The van der Waals surface area contributed by atoms with Crippen molar-refractivity contribution in [1.82, 2.24) is 20.1 Å². The highest BCUT2D eigenvalue weighted by molar-refractivity contribution is 7.89. The van der Waals surface area contributed by atoms with Gasteiger partial charge in [-0.2, -0.15) is 13.2 Å². The third-order valence-corrected chi connectivity index (χ3v) is 12.5. The van der Waals surface area contributed by atoms with Crippen molar-refractivity contribution in [3.05, 3.63) is 0 Å². The third kappa shape index (κ3) is 7.12. The number of fused-ring (bicyclic) bond motifs is 1. The molecule has 1 amide bonds. The minimum Gasteiger partial charge on any atom is -0.355 e. The van der Waals surface area contributed by atoms with E-state index in [0.717, 1.165) is 70.6 Å². The van der Waals surface area contributed by atoms with Crippen LogP contribution in [0.15, 0.2) is 0 Å². The molecule has 2 aliphatic carbocycles. The van der Waals surface area contributed by atoms with Crippen LogP contribution >= 0.6 is 0 Å². The van der Waals surface area contributed by atoms with Crippen molar-refractivity contribution in [2.24, 2.45) is 29.6 Å². The molecule has 224 valence electrons. The van der Waals surface area contributed by atoms with Gasteiger partial charge in [0.15, 0.2) is 0 Å². The van der Waals surface area contributed by atoms with Crippen LogP contribution in [0.1, 0.15) is 89.9 Å². The second kappa shape index (κ2) is 12.5. The van der Waals surface area contributed by atoms with Crippen LogP contribution in [-0.2, 0) is 14.8 Å². The van der Waals surface area contributed by atoms with E-state index in [1.807, 2.05) is 0 Å². The first-order chi connectivity index (χ1) is 18.6. The highest BCUT2D eigenvalue weighted by Gasteiger charge is 2.58. The van der Waals surface area contributed by atoms with Crippen LogP contribution in [0.2, 0.25) is 0 Å². The Hall–Kier alpha value is -0.910. The summed E-state index contributed by atoms with van der Waals surface area (Å²) in [5.41, 5.74) is 2.65. The monoisotopic (exact) mass is 576 g/mol. The first kappa shape index (κ1) is 29.6. The van der Waals surface area contributed by atoms with E-state index >= 15 is 0 Å². The van der Waals surface area contributed by atoms with Crippen LogP contribution < -0.4 is 10.7 Å². The van der Waals surface area contributed by atoms with Gasteiger partial charge in [-0.15, -0.1) is 0 Å². The number of hydrogen-bond acceptors (Lipinski definition) is 5. The summed E-state index contributed by atoms with van der Waals surface area (Å²) in [7, 11) is -3.27. The number of alkyl halides is 3. The quantitative estimate of drug-likeness (QED) is 0.468. The number of nitrogens with one attached hydrogen (secondary N) is 2. The molecule has 11 heteroatoms. The Morgan fingerprint density at radius 2 is 1.41 bits per heavy atom. The van der Waals surface area contributed by atoms with Gasteiger partial charge in [-0.25, -0.2) is 23.2 Å². The molecular formula is C28H47F3N4O3S. The van der Waals surface area contributed by atoms with Crippen molar-refractivity contribution >= 4 is 15.9 Å². The van der Waals surface area contributed by atoms with Crippen LogP contribution in [0.3, 0.4) is 0 Å². The Bertz CT molecular complexity index is 929. The van der Waals surface area contributed by atoms with Crippen LogP contribution in [0.5, 0.6) is 0 Å². The van der Waals surface area contributed by atoms with E-state index in [-0.39, 0.29) is 23.5 Å². The van der Waals surface area contributed by atoms with Gasteiger partial charge in [0.1, 0.15) is 6.04 Å². The number of nitrogens with zero attached hydrogens (tertiary/aromatic N) is 2. The molecule has 3 heterocycles. The average molecular weight is 577 g/mol. The zero-order valence-electron chi connectivity index (χ0n) is 23.1. The summed E-state index contributed by atoms with van der Waals surface area (Å²) in [6.45, 7) is 1.94. The second-order valence-electron chi connectivity index (χ2n) is 13.0. The molecule has 0 aromatic carbocycles. The number of hydrazine groups is 1. The van der Waals surface area contributed by atoms with Crippen molar-refractivity contribution in [1.29, 1.82) is 0 Å². The molecule has 3 saturated heterocycles. The molecule has 2 saturated carbocycles. The first-order valence-corrected chi connectivity index (χ1v) is 17.1. The Labute approximate surface area is 232 Å². The summed E-state index contributed by atoms with van der Waals surface area (Å²) in [4.78, 5) is 13.2. The first-order valence-electron chi connectivity index (χ1n) is 15.5. The molecule has 0 spiro atoms. The molecule has 7 nitrogen and oxygen atoms in total. The Balaban J connectivity index is 1.18. The maximum atomic E-state index is 14.0. The fraction of sp³-hybridized carbons (Fsp3) is 0.964. The molecule has 39 heavy (non-hydrogen) atoms. The minimum absolute atomic E-state index is 0.205. The normalized spacial score (nSPS) is 33.2. The maximum absolute atomic E-state index is 14.0. The zero-order valence-corrected chi connectivity index (χ0v) is 24.0. The van der Waals surface area contributed by atoms with Crippen molar-refractivity contribution in [2.75, 3.05) is 31.9 Å². The van der Waals surface area contributed by atoms with Gasteiger partial charge in [-0.3, -0.25) is 4.79 Å². The van der Waals surface area contributed by atoms with E-state index in [1.54, 1.807) is 9.31 Å². The number of rotatable bonds is 7. The van der Waals surface area contributed by atoms with E-state index in [4.69, 9.17) is 0 Å². The topological polar surface area (TPSA) is 81.8 Å². The predicted octanol–water partition coefficient (Wildman–Crippen LogP) is 4.45. The third-order valence-electron chi connectivity index (χ3n) is 10.4. The molecule has 0 bridgehead atoms. The van der Waals surface area contributed by atoms with E-state index in [1.165, 1.54) is 12.8 Å². The average Bonchev–Trinajstić information content (AvgIpc) is 3.32. The Morgan fingerprint density at radius 3 is 2.03 bits per heavy atom. The molecule has 0 aromatic rings. The van der Waals surface area contributed by atoms with Crippen molar-refractivity contribution in [2.45, 2.75) is 108 Å². The molecular weight excluding hydrogens is 529 g/mol. The summed E-state index contributed by atoms with van der Waals surface area (Å²) in [6.07, 6.45) is 9.21. The summed E-state index contributed by atoms with van der Waals surface area (Å²) in [6, 6.07) is -2.35. The van der Waals surface area contributed by atoms with E-state index in [0.29, 0.717) is 38.5 Å². The lowest BCUT2D eigenvalue weighted by molar-refractivity contribution is -0.169. The van der Waals surface area contributed by atoms with E-state index in [2.05, 4.69) is 10.7 Å².